The van der Waals surface area contributed by atoms with Crippen LogP contribution in [0.25, 0.3) is 16.7 Å². The first-order chi connectivity index (χ1) is 11.1. The second-order valence-corrected chi connectivity index (χ2v) is 5.96. The van der Waals surface area contributed by atoms with Crippen LogP contribution >= 0.6 is 0 Å². The predicted molar refractivity (Wildman–Crippen MR) is 100 cm³/mol. The number of fused-ring (bicyclic) bond motifs is 1. The molecule has 1 N–H and O–H groups in total. The van der Waals surface area contributed by atoms with Gasteiger partial charge in [0.05, 0.1) is 11.0 Å². The average Bonchev–Trinajstić information content (AvgIpc) is 3.08. The van der Waals surface area contributed by atoms with Crippen molar-refractivity contribution in [2.24, 2.45) is 11.3 Å². The van der Waals surface area contributed by atoms with Gasteiger partial charge in [-0.1, -0.05) is 66.7 Å². The van der Waals surface area contributed by atoms with Gasteiger partial charge in [-0.25, -0.2) is 4.98 Å². The molecule has 3 rings (SSSR count). The van der Waals surface area contributed by atoms with E-state index in [2.05, 4.69) is 42.5 Å². The van der Waals surface area contributed by atoms with Crippen LogP contribution in [0.3, 0.4) is 0 Å². The molecule has 0 fully saturated rings. The van der Waals surface area contributed by atoms with Crippen molar-refractivity contribution in [3.8, 4) is 0 Å². The largest absolute Gasteiger partial charge is 0.388 e. The third-order valence-corrected chi connectivity index (χ3v) is 4.57. The van der Waals surface area contributed by atoms with Gasteiger partial charge >= 0.3 is 0 Å². The maximum absolute atomic E-state index is 9.61. The van der Waals surface area contributed by atoms with E-state index in [0.29, 0.717) is 5.92 Å². The van der Waals surface area contributed by atoms with Crippen LogP contribution in [-0.4, -0.2) is 14.7 Å². The highest BCUT2D eigenvalue weighted by atomic mass is 16.3. The van der Waals surface area contributed by atoms with Gasteiger partial charge < -0.3 is 5.11 Å². The third-order valence-electron chi connectivity index (χ3n) is 4.57. The van der Waals surface area contributed by atoms with Crippen LogP contribution in [0, 0.1) is 11.3 Å². The summed E-state index contributed by atoms with van der Waals surface area (Å²) in [5.74, 6) is 1.34. The molecule has 3 heteroatoms. The van der Waals surface area contributed by atoms with Gasteiger partial charge in [0.15, 0.2) is 0 Å². The van der Waals surface area contributed by atoms with Crippen LogP contribution in [0.1, 0.15) is 60.7 Å². The summed E-state index contributed by atoms with van der Waals surface area (Å²) in [7, 11) is 0. The molecule has 1 aromatic heterocycles. The first-order valence-electron chi connectivity index (χ1n) is 8.84. The van der Waals surface area contributed by atoms with Gasteiger partial charge in [0.1, 0.15) is 12.4 Å². The molecule has 1 aliphatic carbocycles. The molecule has 128 valence electrons. The molecule has 1 aromatic carbocycles. The summed E-state index contributed by atoms with van der Waals surface area (Å²) in [6, 6.07) is 8.07. The zero-order valence-corrected chi connectivity index (χ0v) is 15.7. The van der Waals surface area contributed by atoms with Crippen LogP contribution in [-0.2, 0) is 6.61 Å². The number of para-hydroxylation sites is 2. The van der Waals surface area contributed by atoms with E-state index in [1.54, 1.807) is 0 Å². The number of allylic oxidation sites excluding steroid dienone is 2. The van der Waals surface area contributed by atoms with E-state index in [1.807, 2.05) is 45.9 Å². The molecular formula is C20H32N2O. The summed E-state index contributed by atoms with van der Waals surface area (Å²) >= 11 is 0. The minimum absolute atomic E-state index is 0.0313. The number of nitrogens with zero attached hydrogens (tertiary/aromatic N) is 2. The zero-order valence-electron chi connectivity index (χ0n) is 15.7. The fraction of sp³-hybridized carbons (Fsp3) is 0.550. The lowest BCUT2D eigenvalue weighted by Gasteiger charge is -2.29. The Morgan fingerprint density at radius 1 is 1.17 bits per heavy atom. The van der Waals surface area contributed by atoms with Crippen molar-refractivity contribution in [3.63, 3.8) is 0 Å². The lowest BCUT2D eigenvalue weighted by Crippen LogP contribution is -2.22. The molecule has 1 aliphatic rings. The number of benzene rings is 1. The quantitative estimate of drug-likeness (QED) is 0.795. The van der Waals surface area contributed by atoms with Gasteiger partial charge in [-0.05, 0) is 24.5 Å². The molecule has 3 nitrogen and oxygen atoms in total. The Balaban J connectivity index is 0.000000615. The summed E-state index contributed by atoms with van der Waals surface area (Å²) in [6.45, 7) is 14.8. The molecule has 0 saturated carbocycles. The standard InChI is InChI=1S/C16H20N2O.2C2H6/c1-11-8-9-14(16(11,2)3)18-13-7-5-4-6-12(13)17-15(18)10-19;2*1-2/h4-7,9,11,19H,8,10H2,1-3H3;2*1-2H3. The summed E-state index contributed by atoms with van der Waals surface area (Å²) in [5.41, 5.74) is 3.40. The maximum Gasteiger partial charge on any atom is 0.140 e. The van der Waals surface area contributed by atoms with Crippen molar-refractivity contribution in [2.45, 2.75) is 61.5 Å². The molecule has 2 aromatic rings. The topological polar surface area (TPSA) is 38.0 Å². The molecule has 23 heavy (non-hydrogen) atoms. The Hall–Kier alpha value is -1.61. The summed E-state index contributed by atoms with van der Waals surface area (Å²) in [6.07, 6.45) is 3.37. The molecule has 1 atom stereocenters. The van der Waals surface area contributed by atoms with E-state index in [9.17, 15) is 5.11 Å². The minimum Gasteiger partial charge on any atom is -0.388 e. The van der Waals surface area contributed by atoms with Crippen LogP contribution in [0.4, 0.5) is 0 Å². The second-order valence-electron chi connectivity index (χ2n) is 5.96. The van der Waals surface area contributed by atoms with Gasteiger partial charge in [0.2, 0.25) is 0 Å². The van der Waals surface area contributed by atoms with Crippen molar-refractivity contribution in [2.75, 3.05) is 0 Å². The Bertz CT molecular complexity index is 653. The van der Waals surface area contributed by atoms with Gasteiger partial charge in [-0.2, -0.15) is 0 Å². The molecular weight excluding hydrogens is 284 g/mol. The first kappa shape index (κ1) is 19.4. The third kappa shape index (κ3) is 3.50. The van der Waals surface area contributed by atoms with Gasteiger partial charge in [0.25, 0.3) is 0 Å². The van der Waals surface area contributed by atoms with E-state index in [4.69, 9.17) is 0 Å². The summed E-state index contributed by atoms with van der Waals surface area (Å²) in [4.78, 5) is 4.54. The Labute approximate surface area is 141 Å². The van der Waals surface area contributed by atoms with Crippen molar-refractivity contribution < 1.29 is 5.11 Å². The highest BCUT2D eigenvalue weighted by molar-refractivity contribution is 5.81. The van der Waals surface area contributed by atoms with E-state index < -0.39 is 0 Å². The van der Waals surface area contributed by atoms with Gasteiger partial charge in [0, 0.05) is 11.1 Å². The number of hydrogen-bond donors (Lipinski definition) is 1. The molecule has 0 radical (unpaired) electrons. The van der Waals surface area contributed by atoms with Crippen LogP contribution in [0.2, 0.25) is 0 Å². The number of imidazole rings is 1. The average molecular weight is 316 g/mol. The number of aliphatic hydroxyl groups excluding tert-OH is 1. The van der Waals surface area contributed by atoms with Crippen molar-refractivity contribution in [1.29, 1.82) is 0 Å². The molecule has 0 saturated heterocycles. The number of aliphatic hydroxyl groups is 1. The fourth-order valence-electron chi connectivity index (χ4n) is 2.93. The molecule has 0 bridgehead atoms. The molecule has 1 unspecified atom stereocenters. The van der Waals surface area contributed by atoms with E-state index in [0.717, 1.165) is 23.3 Å². The van der Waals surface area contributed by atoms with Gasteiger partial charge in [-0.3, -0.25) is 4.57 Å². The SMILES string of the molecule is CC.CC.CC1CC=C(n2c(CO)nc3ccccc32)C1(C)C. The smallest absolute Gasteiger partial charge is 0.140 e. The lowest BCUT2D eigenvalue weighted by molar-refractivity contribution is 0.267. The first-order valence-corrected chi connectivity index (χ1v) is 8.84. The number of rotatable bonds is 2. The zero-order chi connectivity index (χ0) is 17.6. The fourth-order valence-corrected chi connectivity index (χ4v) is 2.93. The van der Waals surface area contributed by atoms with Crippen LogP contribution in [0.5, 0.6) is 0 Å². The van der Waals surface area contributed by atoms with Gasteiger partial charge in [-0.15, -0.1) is 0 Å². The van der Waals surface area contributed by atoms with E-state index in [-0.39, 0.29) is 12.0 Å². The Morgan fingerprint density at radius 2 is 1.78 bits per heavy atom. The second kappa shape index (κ2) is 8.30. The highest BCUT2D eigenvalue weighted by Crippen LogP contribution is 2.46. The minimum atomic E-state index is -0.0313. The molecule has 1 heterocycles. The molecule has 0 spiro atoms. The number of hydrogen-bond acceptors (Lipinski definition) is 2. The number of aromatic nitrogens is 2. The van der Waals surface area contributed by atoms with Crippen LogP contribution < -0.4 is 0 Å². The molecule has 0 aliphatic heterocycles. The Kier molecular flexibility index (Phi) is 7.01. The Morgan fingerprint density at radius 3 is 2.30 bits per heavy atom. The monoisotopic (exact) mass is 316 g/mol. The van der Waals surface area contributed by atoms with Crippen LogP contribution in [0.15, 0.2) is 30.3 Å². The van der Waals surface area contributed by atoms with E-state index >= 15 is 0 Å². The normalized spacial score (nSPS) is 18.6. The predicted octanol–water partition coefficient (Wildman–Crippen LogP) is 5.49. The maximum atomic E-state index is 9.61. The van der Waals surface area contributed by atoms with Crippen molar-refractivity contribution in [1.82, 2.24) is 9.55 Å². The summed E-state index contributed by atoms with van der Waals surface area (Å²) < 4.78 is 2.14. The summed E-state index contributed by atoms with van der Waals surface area (Å²) in [5, 5.41) is 9.61. The highest BCUT2D eigenvalue weighted by Gasteiger charge is 2.36. The lowest BCUT2D eigenvalue weighted by atomic mass is 9.81. The van der Waals surface area contributed by atoms with Crippen molar-refractivity contribution in [3.05, 3.63) is 36.2 Å². The van der Waals surface area contributed by atoms with E-state index in [1.165, 1.54) is 5.70 Å². The molecule has 0 amide bonds. The van der Waals surface area contributed by atoms with Crippen molar-refractivity contribution >= 4 is 16.7 Å².